The fourth-order valence-corrected chi connectivity index (χ4v) is 1.30. The van der Waals surface area contributed by atoms with Gasteiger partial charge in [0, 0.05) is 23.8 Å². The van der Waals surface area contributed by atoms with E-state index in [1.54, 1.807) is 7.11 Å². The second-order valence-corrected chi connectivity index (χ2v) is 3.35. The molecule has 66 valence electrons. The van der Waals surface area contributed by atoms with Crippen molar-refractivity contribution in [2.75, 3.05) is 25.6 Å². The van der Waals surface area contributed by atoms with Crippen LogP contribution in [-0.2, 0) is 4.74 Å². The molecule has 3 heteroatoms. The quantitative estimate of drug-likeness (QED) is 0.802. The zero-order valence-corrected chi connectivity index (χ0v) is 8.60. The van der Waals surface area contributed by atoms with Crippen LogP contribution in [0.1, 0.15) is 0 Å². The largest absolute Gasteiger partial charge is 0.383 e. The van der Waals surface area contributed by atoms with Crippen molar-refractivity contribution < 1.29 is 4.74 Å². The molecule has 1 aromatic carbocycles. The van der Waals surface area contributed by atoms with E-state index >= 15 is 0 Å². The lowest BCUT2D eigenvalue weighted by atomic mass is 10.3. The van der Waals surface area contributed by atoms with E-state index in [1.165, 1.54) is 0 Å². The van der Waals surface area contributed by atoms with Gasteiger partial charge in [0.1, 0.15) is 0 Å². The maximum atomic E-state index is 4.92. The number of ether oxygens (including phenoxy) is 1. The second kappa shape index (κ2) is 5.17. The van der Waals surface area contributed by atoms with Crippen LogP contribution in [0.25, 0.3) is 0 Å². The van der Waals surface area contributed by atoms with Crippen LogP contribution in [0.5, 0.6) is 0 Å². The Kier molecular flexibility index (Phi) is 4.11. The van der Waals surface area contributed by atoms with Gasteiger partial charge in [0.2, 0.25) is 0 Å². The van der Waals surface area contributed by atoms with Crippen molar-refractivity contribution in [3.63, 3.8) is 0 Å². The summed E-state index contributed by atoms with van der Waals surface area (Å²) in [4.78, 5) is 0. The highest BCUT2D eigenvalue weighted by molar-refractivity contribution is 9.10. The van der Waals surface area contributed by atoms with E-state index in [9.17, 15) is 0 Å². The second-order valence-electron chi connectivity index (χ2n) is 2.43. The Hall–Kier alpha value is -0.540. The van der Waals surface area contributed by atoms with Crippen molar-refractivity contribution in [1.29, 1.82) is 0 Å². The van der Waals surface area contributed by atoms with Gasteiger partial charge < -0.3 is 10.1 Å². The summed E-state index contributed by atoms with van der Waals surface area (Å²) in [5, 5.41) is 3.23. The first-order valence-corrected chi connectivity index (χ1v) is 4.60. The van der Waals surface area contributed by atoms with Crippen molar-refractivity contribution in [2.45, 2.75) is 0 Å². The molecule has 0 fully saturated rings. The molecule has 0 aliphatic heterocycles. The molecule has 0 bridgehead atoms. The van der Waals surface area contributed by atoms with Crippen LogP contribution in [0, 0.1) is 0 Å². The third-order valence-corrected chi connectivity index (χ3v) is 1.95. The van der Waals surface area contributed by atoms with Gasteiger partial charge in [-0.3, -0.25) is 0 Å². The van der Waals surface area contributed by atoms with Crippen molar-refractivity contribution >= 4 is 21.6 Å². The molecule has 0 saturated heterocycles. The number of nitrogens with one attached hydrogen (secondary N) is 1. The number of methoxy groups -OCH3 is 1. The van der Waals surface area contributed by atoms with Gasteiger partial charge in [-0.2, -0.15) is 0 Å². The molecule has 2 nitrogen and oxygen atoms in total. The van der Waals surface area contributed by atoms with E-state index in [1.807, 2.05) is 24.3 Å². The van der Waals surface area contributed by atoms with Crippen LogP contribution in [-0.4, -0.2) is 20.3 Å². The molecule has 1 N–H and O–H groups in total. The number of hydrogen-bond acceptors (Lipinski definition) is 2. The maximum absolute atomic E-state index is 4.92. The van der Waals surface area contributed by atoms with Gasteiger partial charge in [0.05, 0.1) is 6.61 Å². The van der Waals surface area contributed by atoms with E-state index in [2.05, 4.69) is 21.2 Å². The Balaban J connectivity index is 2.41. The third-order valence-electron chi connectivity index (χ3n) is 1.46. The Bertz CT molecular complexity index is 240. The van der Waals surface area contributed by atoms with Crippen LogP contribution in [0.4, 0.5) is 5.69 Å². The molecule has 0 spiro atoms. The van der Waals surface area contributed by atoms with Gasteiger partial charge in [-0.1, -0.05) is 22.0 Å². The number of anilines is 1. The van der Waals surface area contributed by atoms with Crippen molar-refractivity contribution in [3.8, 4) is 0 Å². The molecule has 0 heterocycles. The van der Waals surface area contributed by atoms with Gasteiger partial charge in [0.15, 0.2) is 0 Å². The lowest BCUT2D eigenvalue weighted by Gasteiger charge is -2.04. The maximum Gasteiger partial charge on any atom is 0.0635 e. The molecular weight excluding hydrogens is 218 g/mol. The van der Waals surface area contributed by atoms with Gasteiger partial charge >= 0.3 is 0 Å². The number of rotatable bonds is 4. The molecule has 0 amide bonds. The molecule has 0 radical (unpaired) electrons. The molecule has 0 aliphatic carbocycles. The first kappa shape index (κ1) is 9.55. The third kappa shape index (κ3) is 3.24. The molecule has 1 rings (SSSR count). The minimum atomic E-state index is 0.729. The van der Waals surface area contributed by atoms with E-state index in [0.29, 0.717) is 0 Å². The number of halogens is 1. The van der Waals surface area contributed by atoms with Gasteiger partial charge in [0.25, 0.3) is 0 Å². The van der Waals surface area contributed by atoms with Gasteiger partial charge in [-0.15, -0.1) is 0 Å². The Labute approximate surface area is 81.1 Å². The summed E-state index contributed by atoms with van der Waals surface area (Å²) in [5.41, 5.74) is 1.11. The predicted molar refractivity (Wildman–Crippen MR) is 54.5 cm³/mol. The Morgan fingerprint density at radius 3 is 3.00 bits per heavy atom. The predicted octanol–water partition coefficient (Wildman–Crippen LogP) is 2.51. The van der Waals surface area contributed by atoms with Crippen molar-refractivity contribution in [3.05, 3.63) is 28.7 Å². The van der Waals surface area contributed by atoms with Gasteiger partial charge in [-0.05, 0) is 18.2 Å². The highest BCUT2D eigenvalue weighted by Crippen LogP contribution is 2.14. The highest BCUT2D eigenvalue weighted by atomic mass is 79.9. The minimum absolute atomic E-state index is 0.729. The van der Waals surface area contributed by atoms with Crippen LogP contribution in [0.15, 0.2) is 28.7 Å². The Morgan fingerprint density at radius 2 is 2.33 bits per heavy atom. The molecule has 0 aliphatic rings. The molecule has 12 heavy (non-hydrogen) atoms. The zero-order chi connectivity index (χ0) is 8.81. The van der Waals surface area contributed by atoms with Crippen LogP contribution in [0.2, 0.25) is 0 Å². The number of benzene rings is 1. The van der Waals surface area contributed by atoms with Crippen LogP contribution in [0.3, 0.4) is 0 Å². The summed E-state index contributed by atoms with van der Waals surface area (Å²) in [7, 11) is 1.70. The first-order chi connectivity index (χ1) is 5.83. The lowest BCUT2D eigenvalue weighted by Crippen LogP contribution is -2.07. The standard InChI is InChI=1S/C9H12BrNO/c1-12-6-5-11-9-4-2-3-8(10)7-9/h2-4,7,11H,5-6H2,1H3. The normalized spacial score (nSPS) is 9.83. The summed E-state index contributed by atoms with van der Waals surface area (Å²) < 4.78 is 6.01. The lowest BCUT2D eigenvalue weighted by molar-refractivity contribution is 0.211. The molecule has 0 unspecified atom stereocenters. The zero-order valence-electron chi connectivity index (χ0n) is 7.01. The fraction of sp³-hybridized carbons (Fsp3) is 0.333. The van der Waals surface area contributed by atoms with E-state index < -0.39 is 0 Å². The first-order valence-electron chi connectivity index (χ1n) is 3.81. The topological polar surface area (TPSA) is 21.3 Å². The van der Waals surface area contributed by atoms with Gasteiger partial charge in [-0.25, -0.2) is 0 Å². The summed E-state index contributed by atoms with van der Waals surface area (Å²) in [6, 6.07) is 8.07. The average molecular weight is 230 g/mol. The smallest absolute Gasteiger partial charge is 0.0635 e. The monoisotopic (exact) mass is 229 g/mol. The highest BCUT2D eigenvalue weighted by Gasteiger charge is 1.90. The molecular formula is C9H12BrNO. The van der Waals surface area contributed by atoms with Crippen molar-refractivity contribution in [2.24, 2.45) is 0 Å². The molecule has 0 saturated carbocycles. The SMILES string of the molecule is COCCNc1cccc(Br)c1. The molecule has 1 aromatic rings. The summed E-state index contributed by atoms with van der Waals surface area (Å²) >= 11 is 3.40. The molecule has 0 atom stereocenters. The fourth-order valence-electron chi connectivity index (χ4n) is 0.896. The van der Waals surface area contributed by atoms with Crippen LogP contribution < -0.4 is 5.32 Å². The van der Waals surface area contributed by atoms with E-state index in [0.717, 1.165) is 23.3 Å². The minimum Gasteiger partial charge on any atom is -0.383 e. The Morgan fingerprint density at radius 1 is 1.50 bits per heavy atom. The van der Waals surface area contributed by atoms with Crippen LogP contribution >= 0.6 is 15.9 Å². The summed E-state index contributed by atoms with van der Waals surface area (Å²) in [6.45, 7) is 1.57. The molecule has 0 aromatic heterocycles. The van der Waals surface area contributed by atoms with E-state index in [4.69, 9.17) is 4.74 Å². The van der Waals surface area contributed by atoms with Crippen molar-refractivity contribution in [1.82, 2.24) is 0 Å². The van der Waals surface area contributed by atoms with E-state index in [-0.39, 0.29) is 0 Å². The number of hydrogen-bond donors (Lipinski definition) is 1. The summed E-state index contributed by atoms with van der Waals surface area (Å²) in [5.74, 6) is 0. The summed E-state index contributed by atoms with van der Waals surface area (Å²) in [6.07, 6.45) is 0. The average Bonchev–Trinajstić information content (AvgIpc) is 2.05.